The van der Waals surface area contributed by atoms with E-state index < -0.39 is 5.97 Å². The summed E-state index contributed by atoms with van der Waals surface area (Å²) in [4.78, 5) is 22.0. The van der Waals surface area contributed by atoms with Crippen molar-refractivity contribution in [1.29, 1.82) is 0 Å². The first-order valence-electron chi connectivity index (χ1n) is 5.24. The fourth-order valence-electron chi connectivity index (χ4n) is 1.69. The maximum absolute atomic E-state index is 11.5. The van der Waals surface area contributed by atoms with Crippen LogP contribution < -0.4 is 5.69 Å². The Bertz CT molecular complexity index is 451. The predicted molar refractivity (Wildman–Crippen MR) is 66.6 cm³/mol. The summed E-state index contributed by atoms with van der Waals surface area (Å²) < 4.78 is 1.55. The number of nitrogens with zero attached hydrogens (tertiary/aromatic N) is 2. The molecule has 0 aliphatic carbocycles. The molecule has 0 spiro atoms. The second-order valence-corrected chi connectivity index (χ2v) is 5.93. The lowest BCUT2D eigenvalue weighted by Gasteiger charge is -2.09. The molecule has 1 aromatic heterocycles. The maximum atomic E-state index is 11.5. The number of aromatic nitrogens is 3. The summed E-state index contributed by atoms with van der Waals surface area (Å²) in [6.45, 7) is 0.629. The number of thioether (sulfide) groups is 2. The van der Waals surface area contributed by atoms with Gasteiger partial charge in [-0.1, -0.05) is 11.8 Å². The number of carbonyl (C=O) groups is 1. The largest absolute Gasteiger partial charge is 0.481 e. The molecule has 2 N–H and O–H groups in total. The Morgan fingerprint density at radius 1 is 1.71 bits per heavy atom. The van der Waals surface area contributed by atoms with Crippen molar-refractivity contribution < 1.29 is 9.90 Å². The van der Waals surface area contributed by atoms with Gasteiger partial charge in [-0.15, -0.1) is 5.10 Å². The van der Waals surface area contributed by atoms with Crippen molar-refractivity contribution in [3.8, 4) is 0 Å². The highest BCUT2D eigenvalue weighted by Gasteiger charge is 2.19. The van der Waals surface area contributed by atoms with E-state index in [-0.39, 0.29) is 11.4 Å². The van der Waals surface area contributed by atoms with E-state index in [1.165, 1.54) is 0 Å². The number of carboxylic acid groups (broad SMARTS) is 1. The molecule has 0 radical (unpaired) electrons. The quantitative estimate of drug-likeness (QED) is 0.761. The van der Waals surface area contributed by atoms with Crippen LogP contribution in [0.2, 0.25) is 0 Å². The third-order valence-electron chi connectivity index (χ3n) is 2.51. The van der Waals surface area contributed by atoms with E-state index in [4.69, 9.17) is 5.11 Å². The standard InChI is InChI=1S/C9H13N3O3S2/c13-7(14)5-17-9-11-10-8(15)12(9)3-6-1-2-16-4-6/h6H,1-5H2,(H,10,15)(H,13,14). The molecule has 1 aliphatic heterocycles. The number of carboxylic acids is 1. The van der Waals surface area contributed by atoms with Crippen LogP contribution in [0.3, 0.4) is 0 Å². The number of hydrogen-bond acceptors (Lipinski definition) is 5. The predicted octanol–water partition coefficient (Wildman–Crippen LogP) is 0.501. The minimum atomic E-state index is -0.909. The zero-order valence-electron chi connectivity index (χ0n) is 9.09. The molecular weight excluding hydrogens is 262 g/mol. The van der Waals surface area contributed by atoms with Crippen LogP contribution >= 0.6 is 23.5 Å². The molecule has 0 saturated carbocycles. The van der Waals surface area contributed by atoms with Gasteiger partial charge in [0, 0.05) is 6.54 Å². The molecule has 1 fully saturated rings. The molecule has 6 nitrogen and oxygen atoms in total. The molecule has 8 heteroatoms. The van der Waals surface area contributed by atoms with E-state index in [1.807, 2.05) is 11.8 Å². The highest BCUT2D eigenvalue weighted by molar-refractivity contribution is 7.99. The molecule has 2 heterocycles. The van der Waals surface area contributed by atoms with Crippen molar-refractivity contribution in [2.75, 3.05) is 17.3 Å². The van der Waals surface area contributed by atoms with Gasteiger partial charge < -0.3 is 5.11 Å². The molecule has 1 unspecified atom stereocenters. The molecule has 17 heavy (non-hydrogen) atoms. The fourth-order valence-corrected chi connectivity index (χ4v) is 3.63. The van der Waals surface area contributed by atoms with Crippen LogP contribution in [0.25, 0.3) is 0 Å². The van der Waals surface area contributed by atoms with Gasteiger partial charge in [-0.05, 0) is 23.8 Å². The molecule has 1 atom stereocenters. The van der Waals surface area contributed by atoms with Gasteiger partial charge in [0.15, 0.2) is 5.16 Å². The maximum Gasteiger partial charge on any atom is 0.343 e. The lowest BCUT2D eigenvalue weighted by Crippen LogP contribution is -2.22. The van der Waals surface area contributed by atoms with Crippen LogP contribution in [0, 0.1) is 5.92 Å². The average molecular weight is 275 g/mol. The molecule has 2 rings (SSSR count). The van der Waals surface area contributed by atoms with Gasteiger partial charge in [0.1, 0.15) is 0 Å². The molecule has 0 aromatic carbocycles. The molecule has 94 valence electrons. The van der Waals surface area contributed by atoms with Crippen LogP contribution in [-0.4, -0.2) is 43.1 Å². The second-order valence-electron chi connectivity index (χ2n) is 3.83. The van der Waals surface area contributed by atoms with E-state index >= 15 is 0 Å². The smallest absolute Gasteiger partial charge is 0.343 e. The summed E-state index contributed by atoms with van der Waals surface area (Å²) in [6.07, 6.45) is 1.10. The Labute approximate surface area is 106 Å². The Morgan fingerprint density at radius 2 is 2.53 bits per heavy atom. The van der Waals surface area contributed by atoms with E-state index in [1.54, 1.807) is 4.57 Å². The Kier molecular flexibility index (Phi) is 4.16. The second kappa shape index (κ2) is 5.63. The van der Waals surface area contributed by atoms with E-state index in [0.717, 1.165) is 29.7 Å². The van der Waals surface area contributed by atoms with Crippen LogP contribution in [0.15, 0.2) is 9.95 Å². The number of hydrogen-bond donors (Lipinski definition) is 2. The first kappa shape index (κ1) is 12.6. The molecular formula is C9H13N3O3S2. The first-order chi connectivity index (χ1) is 8.16. The summed E-state index contributed by atoms with van der Waals surface area (Å²) in [5.74, 6) is 1.69. The molecule has 1 saturated heterocycles. The van der Waals surface area contributed by atoms with Crippen molar-refractivity contribution in [3.63, 3.8) is 0 Å². The Morgan fingerprint density at radius 3 is 3.18 bits per heavy atom. The third-order valence-corrected chi connectivity index (χ3v) is 4.71. The van der Waals surface area contributed by atoms with Crippen LogP contribution in [0.1, 0.15) is 6.42 Å². The van der Waals surface area contributed by atoms with Crippen molar-refractivity contribution in [1.82, 2.24) is 14.8 Å². The summed E-state index contributed by atoms with van der Waals surface area (Å²) in [6, 6.07) is 0. The van der Waals surface area contributed by atoms with E-state index in [0.29, 0.717) is 17.6 Å². The number of H-pyrrole nitrogens is 1. The fraction of sp³-hybridized carbons (Fsp3) is 0.667. The molecule has 0 bridgehead atoms. The lowest BCUT2D eigenvalue weighted by atomic mass is 10.1. The number of rotatable bonds is 5. The topological polar surface area (TPSA) is 88.0 Å². The highest BCUT2D eigenvalue weighted by Crippen LogP contribution is 2.25. The van der Waals surface area contributed by atoms with Gasteiger partial charge in [-0.3, -0.25) is 9.36 Å². The van der Waals surface area contributed by atoms with Crippen LogP contribution in [0.4, 0.5) is 0 Å². The minimum absolute atomic E-state index is 0.0797. The van der Waals surface area contributed by atoms with Gasteiger partial charge in [0.2, 0.25) is 0 Å². The summed E-state index contributed by atoms with van der Waals surface area (Å²) in [7, 11) is 0. The average Bonchev–Trinajstić information content (AvgIpc) is 2.89. The van der Waals surface area contributed by atoms with Gasteiger partial charge in [-0.2, -0.15) is 11.8 Å². The summed E-state index contributed by atoms with van der Waals surface area (Å²) >= 11 is 2.96. The van der Waals surface area contributed by atoms with Crippen LogP contribution in [-0.2, 0) is 11.3 Å². The minimum Gasteiger partial charge on any atom is -0.481 e. The number of aliphatic carboxylic acids is 1. The zero-order valence-corrected chi connectivity index (χ0v) is 10.7. The number of nitrogens with one attached hydrogen (secondary N) is 1. The Hall–Kier alpha value is -0.890. The van der Waals surface area contributed by atoms with E-state index in [9.17, 15) is 9.59 Å². The normalized spacial score (nSPS) is 19.6. The highest BCUT2D eigenvalue weighted by atomic mass is 32.2. The molecule has 0 amide bonds. The summed E-state index contributed by atoms with van der Waals surface area (Å²) in [5.41, 5.74) is -0.255. The lowest BCUT2D eigenvalue weighted by molar-refractivity contribution is -0.133. The molecule has 1 aromatic rings. The van der Waals surface area contributed by atoms with Crippen molar-refractivity contribution in [3.05, 3.63) is 10.5 Å². The number of aromatic amines is 1. The van der Waals surface area contributed by atoms with Gasteiger partial charge >= 0.3 is 11.7 Å². The zero-order chi connectivity index (χ0) is 12.3. The summed E-state index contributed by atoms with van der Waals surface area (Å²) in [5, 5.41) is 15.3. The van der Waals surface area contributed by atoms with Crippen LogP contribution in [0.5, 0.6) is 0 Å². The Balaban J connectivity index is 2.05. The van der Waals surface area contributed by atoms with Gasteiger partial charge in [0.25, 0.3) is 0 Å². The SMILES string of the molecule is O=C(O)CSc1n[nH]c(=O)n1CC1CCSC1. The van der Waals surface area contributed by atoms with Gasteiger partial charge in [-0.25, -0.2) is 9.89 Å². The van der Waals surface area contributed by atoms with E-state index in [2.05, 4.69) is 10.2 Å². The molecule has 1 aliphatic rings. The monoisotopic (exact) mass is 275 g/mol. The first-order valence-corrected chi connectivity index (χ1v) is 7.38. The van der Waals surface area contributed by atoms with Crippen molar-refractivity contribution in [2.45, 2.75) is 18.1 Å². The van der Waals surface area contributed by atoms with Crippen molar-refractivity contribution >= 4 is 29.5 Å². The van der Waals surface area contributed by atoms with Crippen molar-refractivity contribution in [2.24, 2.45) is 5.92 Å². The van der Waals surface area contributed by atoms with Gasteiger partial charge in [0.05, 0.1) is 5.75 Å². The third kappa shape index (κ3) is 3.29.